The van der Waals surface area contributed by atoms with Crippen LogP contribution in [0.5, 0.6) is 0 Å². The van der Waals surface area contributed by atoms with Crippen LogP contribution in [0.15, 0.2) is 29.3 Å². The number of ether oxygens (including phenoxy) is 1. The van der Waals surface area contributed by atoms with Gasteiger partial charge in [0.15, 0.2) is 5.96 Å². The average molecular weight is 533 g/mol. The Labute approximate surface area is 195 Å². The second kappa shape index (κ2) is 12.4. The van der Waals surface area contributed by atoms with Gasteiger partial charge in [-0.25, -0.2) is 4.79 Å². The lowest BCUT2D eigenvalue weighted by Gasteiger charge is -2.35. The molecule has 0 aromatic heterocycles. The largest absolute Gasteiger partial charge is 0.450 e. The topological polar surface area (TPSA) is 60.4 Å². The molecule has 0 atom stereocenters. The summed E-state index contributed by atoms with van der Waals surface area (Å²) in [5.74, 6) is 3.30. The van der Waals surface area contributed by atoms with E-state index in [4.69, 9.17) is 4.74 Å². The van der Waals surface area contributed by atoms with E-state index in [-0.39, 0.29) is 30.1 Å². The van der Waals surface area contributed by atoms with Gasteiger partial charge in [0, 0.05) is 70.1 Å². The van der Waals surface area contributed by atoms with Crippen LogP contribution in [-0.2, 0) is 11.3 Å². The van der Waals surface area contributed by atoms with E-state index in [1.165, 1.54) is 22.8 Å². The molecule has 1 aromatic rings. The van der Waals surface area contributed by atoms with Crippen LogP contribution in [0.25, 0.3) is 0 Å². The van der Waals surface area contributed by atoms with Gasteiger partial charge in [-0.2, -0.15) is 11.8 Å². The first kappa shape index (κ1) is 23.9. The Morgan fingerprint density at radius 2 is 1.69 bits per heavy atom. The minimum absolute atomic E-state index is 0. The fraction of sp³-hybridized carbons (Fsp3) is 0.600. The lowest BCUT2D eigenvalue weighted by atomic mass is 10.2. The van der Waals surface area contributed by atoms with E-state index in [2.05, 4.69) is 44.4 Å². The van der Waals surface area contributed by atoms with Crippen molar-refractivity contribution in [3.8, 4) is 0 Å². The molecule has 0 aliphatic carbocycles. The number of carbonyl (C=O) groups excluding carboxylic acids is 1. The Morgan fingerprint density at radius 3 is 2.28 bits per heavy atom. The van der Waals surface area contributed by atoms with Gasteiger partial charge >= 0.3 is 6.09 Å². The Balaban J connectivity index is 0.00000300. The molecule has 0 unspecified atom stereocenters. The molecule has 162 valence electrons. The Morgan fingerprint density at radius 1 is 1.07 bits per heavy atom. The molecule has 2 aliphatic heterocycles. The zero-order valence-electron chi connectivity index (χ0n) is 17.3. The van der Waals surface area contributed by atoms with Crippen LogP contribution in [0.1, 0.15) is 12.5 Å². The first-order valence-electron chi connectivity index (χ1n) is 10.00. The van der Waals surface area contributed by atoms with Crippen molar-refractivity contribution in [2.75, 3.05) is 69.3 Å². The molecule has 29 heavy (non-hydrogen) atoms. The summed E-state index contributed by atoms with van der Waals surface area (Å²) in [6, 6.07) is 8.81. The van der Waals surface area contributed by atoms with Gasteiger partial charge < -0.3 is 24.8 Å². The van der Waals surface area contributed by atoms with Gasteiger partial charge in [0.05, 0.1) is 6.61 Å². The van der Waals surface area contributed by atoms with Gasteiger partial charge in [0.25, 0.3) is 0 Å². The summed E-state index contributed by atoms with van der Waals surface area (Å²) in [5, 5.41) is 3.45. The maximum Gasteiger partial charge on any atom is 0.409 e. The lowest BCUT2D eigenvalue weighted by Crippen LogP contribution is -2.53. The highest BCUT2D eigenvalue weighted by molar-refractivity contribution is 14.0. The fourth-order valence-electron chi connectivity index (χ4n) is 3.48. The number of amides is 1. The number of nitrogens with one attached hydrogen (secondary N) is 1. The Bertz CT molecular complexity index is 659. The smallest absolute Gasteiger partial charge is 0.409 e. The van der Waals surface area contributed by atoms with Gasteiger partial charge in [-0.3, -0.25) is 4.99 Å². The van der Waals surface area contributed by atoms with Crippen LogP contribution in [0.3, 0.4) is 0 Å². The Kier molecular flexibility index (Phi) is 10.2. The molecular formula is C20H32IN5O2S. The summed E-state index contributed by atoms with van der Waals surface area (Å²) in [4.78, 5) is 22.6. The molecule has 0 bridgehead atoms. The SMILES string of the molecule is CCOC(=O)N1CCN(C(=NC)NCc2ccc(N3CCSCC3)cc2)CC1.I. The molecule has 0 spiro atoms. The number of rotatable bonds is 4. The molecule has 0 saturated carbocycles. The second-order valence-electron chi connectivity index (χ2n) is 6.84. The van der Waals surface area contributed by atoms with Crippen molar-refractivity contribution in [1.82, 2.24) is 15.1 Å². The van der Waals surface area contributed by atoms with E-state index in [1.54, 1.807) is 11.9 Å². The zero-order valence-corrected chi connectivity index (χ0v) is 20.4. The highest BCUT2D eigenvalue weighted by Gasteiger charge is 2.23. The first-order valence-corrected chi connectivity index (χ1v) is 11.2. The van der Waals surface area contributed by atoms with Gasteiger partial charge in [0.2, 0.25) is 0 Å². The normalized spacial score (nSPS) is 17.6. The van der Waals surface area contributed by atoms with Crippen molar-refractivity contribution >= 4 is 53.5 Å². The second-order valence-corrected chi connectivity index (χ2v) is 8.06. The van der Waals surface area contributed by atoms with E-state index in [9.17, 15) is 4.79 Å². The van der Waals surface area contributed by atoms with Crippen LogP contribution in [0.4, 0.5) is 10.5 Å². The van der Waals surface area contributed by atoms with Crippen LogP contribution >= 0.6 is 35.7 Å². The third-order valence-electron chi connectivity index (χ3n) is 5.08. The Hall–Kier alpha value is -1.36. The number of guanidine groups is 1. The number of hydrogen-bond donors (Lipinski definition) is 1. The fourth-order valence-corrected chi connectivity index (χ4v) is 4.38. The van der Waals surface area contributed by atoms with Crippen LogP contribution in [-0.4, -0.2) is 86.3 Å². The standard InChI is InChI=1S/C20H31N5O2S.HI/c1-3-27-20(26)25-10-8-24(9-11-25)19(21-2)22-16-17-4-6-18(7-5-17)23-12-14-28-15-13-23;/h4-7H,3,8-16H2,1-2H3,(H,21,22);1H. The predicted octanol–water partition coefficient (Wildman–Crippen LogP) is 2.71. The monoisotopic (exact) mass is 533 g/mol. The number of aliphatic imine (C=N–C) groups is 1. The average Bonchev–Trinajstić information content (AvgIpc) is 2.76. The molecule has 2 heterocycles. The number of benzene rings is 1. The molecule has 0 radical (unpaired) electrons. The molecule has 7 nitrogen and oxygen atoms in total. The number of halogens is 1. The number of piperazine rings is 1. The van der Waals surface area contributed by atoms with Crippen LogP contribution < -0.4 is 10.2 Å². The van der Waals surface area contributed by atoms with E-state index in [0.29, 0.717) is 19.7 Å². The van der Waals surface area contributed by atoms with E-state index >= 15 is 0 Å². The van der Waals surface area contributed by atoms with Crippen molar-refractivity contribution in [2.24, 2.45) is 4.99 Å². The summed E-state index contributed by atoms with van der Waals surface area (Å²) in [7, 11) is 1.80. The summed E-state index contributed by atoms with van der Waals surface area (Å²) in [6.45, 7) is 8.07. The maximum absolute atomic E-state index is 11.8. The minimum atomic E-state index is -0.225. The zero-order chi connectivity index (χ0) is 19.8. The summed E-state index contributed by atoms with van der Waals surface area (Å²) >= 11 is 2.03. The van der Waals surface area contributed by atoms with Crippen LogP contribution in [0.2, 0.25) is 0 Å². The maximum atomic E-state index is 11.8. The summed E-state index contributed by atoms with van der Waals surface area (Å²) in [6.07, 6.45) is -0.225. The first-order chi connectivity index (χ1) is 13.7. The van der Waals surface area contributed by atoms with E-state index in [1.807, 2.05) is 18.7 Å². The number of anilines is 1. The van der Waals surface area contributed by atoms with Gasteiger partial charge in [-0.15, -0.1) is 24.0 Å². The summed E-state index contributed by atoms with van der Waals surface area (Å²) < 4.78 is 5.08. The van der Waals surface area contributed by atoms with Crippen molar-refractivity contribution in [1.29, 1.82) is 0 Å². The third-order valence-corrected chi connectivity index (χ3v) is 6.02. The van der Waals surface area contributed by atoms with Crippen molar-refractivity contribution in [2.45, 2.75) is 13.5 Å². The van der Waals surface area contributed by atoms with Gasteiger partial charge in [0.1, 0.15) is 0 Å². The quantitative estimate of drug-likeness (QED) is 0.365. The molecule has 2 aliphatic rings. The van der Waals surface area contributed by atoms with Gasteiger partial charge in [-0.05, 0) is 24.6 Å². The molecule has 2 saturated heterocycles. The molecule has 1 aromatic carbocycles. The minimum Gasteiger partial charge on any atom is -0.450 e. The third kappa shape index (κ3) is 6.84. The predicted molar refractivity (Wildman–Crippen MR) is 132 cm³/mol. The molecule has 2 fully saturated rings. The molecule has 9 heteroatoms. The van der Waals surface area contributed by atoms with Crippen molar-refractivity contribution in [3.63, 3.8) is 0 Å². The highest BCUT2D eigenvalue weighted by atomic mass is 127. The number of nitrogens with zero attached hydrogens (tertiary/aromatic N) is 4. The molecule has 1 N–H and O–H groups in total. The van der Waals surface area contributed by atoms with E-state index in [0.717, 1.165) is 38.7 Å². The molecule has 1 amide bonds. The van der Waals surface area contributed by atoms with Crippen LogP contribution in [0, 0.1) is 0 Å². The van der Waals surface area contributed by atoms with E-state index < -0.39 is 0 Å². The molecular weight excluding hydrogens is 501 g/mol. The van der Waals surface area contributed by atoms with Crippen molar-refractivity contribution < 1.29 is 9.53 Å². The number of thioether (sulfide) groups is 1. The molecule has 3 rings (SSSR count). The number of hydrogen-bond acceptors (Lipinski definition) is 5. The lowest BCUT2D eigenvalue weighted by molar-refractivity contribution is 0.0914. The van der Waals surface area contributed by atoms with Gasteiger partial charge in [-0.1, -0.05) is 12.1 Å². The highest BCUT2D eigenvalue weighted by Crippen LogP contribution is 2.19. The summed E-state index contributed by atoms with van der Waals surface area (Å²) in [5.41, 5.74) is 2.55. The number of carbonyl (C=O) groups is 1. The van der Waals surface area contributed by atoms with Crippen molar-refractivity contribution in [3.05, 3.63) is 29.8 Å².